The average Bonchev–Trinajstić information content (AvgIpc) is 2.09. The minimum absolute atomic E-state index is 0. The zero-order valence-electron chi connectivity index (χ0n) is 10.0. The van der Waals surface area contributed by atoms with Gasteiger partial charge in [-0.05, 0) is 43.0 Å². The fourth-order valence-corrected chi connectivity index (χ4v) is 1.39. The third kappa shape index (κ3) is 5.19. The van der Waals surface area contributed by atoms with Gasteiger partial charge in [-0.15, -0.1) is 5.98 Å². The number of hydrogen-bond donors (Lipinski definition) is 0. The Morgan fingerprint density at radius 3 is 1.81 bits per heavy atom. The third-order valence-electron chi connectivity index (χ3n) is 2.46. The molecule has 0 unspecified atom stereocenters. The molecule has 0 saturated carbocycles. The minimum atomic E-state index is -4.84. The van der Waals surface area contributed by atoms with Gasteiger partial charge in [0.15, 0.2) is 0 Å². The molecule has 0 aliphatic heterocycles. The molecule has 1 rings (SSSR count). The Balaban J connectivity index is 0.00000225. The number of halogens is 3. The molecule has 0 atom stereocenters. The number of aryl methyl sites for hydroxylation is 2. The molecule has 1 aromatic rings. The van der Waals surface area contributed by atoms with Crippen molar-refractivity contribution >= 4 is 13.1 Å². The van der Waals surface area contributed by atoms with Crippen molar-refractivity contribution in [3.63, 3.8) is 0 Å². The molecule has 0 aliphatic carbocycles. The fraction of sp³-hybridized carbons (Fsp3) is 0.273. The van der Waals surface area contributed by atoms with E-state index in [2.05, 4.69) is 0 Å². The summed E-state index contributed by atoms with van der Waals surface area (Å²) in [5.74, 6) is 0.323. The summed E-state index contributed by atoms with van der Waals surface area (Å²) in [5.41, 5.74) is 3.77. The molecule has 0 saturated heterocycles. The minimum Gasteiger partial charge on any atom is -0.445 e. The molecule has 0 bridgehead atoms. The van der Waals surface area contributed by atoms with E-state index in [1.165, 1.54) is 0 Å². The normalized spacial score (nSPS) is 11.6. The van der Waals surface area contributed by atoms with E-state index in [0.29, 0.717) is 11.5 Å². The summed E-state index contributed by atoms with van der Waals surface area (Å²) in [7, 11) is 0. The smallest absolute Gasteiger partial charge is 0.445 e. The van der Waals surface area contributed by atoms with E-state index in [1.807, 2.05) is 20.8 Å². The Morgan fingerprint density at radius 2 is 1.44 bits per heavy atom. The van der Waals surface area contributed by atoms with E-state index < -0.39 is 6.98 Å². The maximum Gasteiger partial charge on any atom is 1.00 e. The van der Waals surface area contributed by atoms with Crippen molar-refractivity contribution in [3.8, 4) is 0 Å². The second kappa shape index (κ2) is 6.40. The number of rotatable bonds is 2. The molecule has 82 valence electrons. The molecular formula is C11H13BF3K. The first kappa shape index (κ1) is 16.5. The molecule has 0 N–H and O–H groups in total. The molecule has 5 heteroatoms. The van der Waals surface area contributed by atoms with Crippen LogP contribution >= 0.6 is 0 Å². The Kier molecular flexibility index (Phi) is 6.58. The maximum absolute atomic E-state index is 12.0. The SMILES string of the molecule is Cc1cc(/C=C/[B-](F)(F)F)cc(C)c1C.[K+]. The van der Waals surface area contributed by atoms with Crippen LogP contribution in [0.25, 0.3) is 6.08 Å². The zero-order chi connectivity index (χ0) is 11.6. The predicted molar refractivity (Wildman–Crippen MR) is 58.8 cm³/mol. The second-order valence-corrected chi connectivity index (χ2v) is 3.76. The van der Waals surface area contributed by atoms with Crippen LogP contribution < -0.4 is 51.4 Å². The van der Waals surface area contributed by atoms with Crippen molar-refractivity contribution in [2.75, 3.05) is 0 Å². The van der Waals surface area contributed by atoms with Gasteiger partial charge in [-0.25, -0.2) is 0 Å². The summed E-state index contributed by atoms with van der Waals surface area (Å²) in [4.78, 5) is 0. The van der Waals surface area contributed by atoms with Crippen LogP contribution in [0.15, 0.2) is 18.1 Å². The van der Waals surface area contributed by atoms with E-state index in [9.17, 15) is 12.9 Å². The molecule has 0 aromatic heterocycles. The van der Waals surface area contributed by atoms with Gasteiger partial charge >= 0.3 is 58.4 Å². The molecule has 0 fully saturated rings. The van der Waals surface area contributed by atoms with Crippen LogP contribution in [0.4, 0.5) is 12.9 Å². The summed E-state index contributed by atoms with van der Waals surface area (Å²) in [6.07, 6.45) is 1.12. The fourth-order valence-electron chi connectivity index (χ4n) is 1.39. The first-order chi connectivity index (χ1) is 6.79. The standard InChI is InChI=1S/C11H13BF3.K/c1-8-6-11(4-5-12(13,14)15)7-9(2)10(8)3;/h4-7H,1-3H3;/q-1;+1/b5-4+;. The van der Waals surface area contributed by atoms with Crippen LogP contribution in [0.5, 0.6) is 0 Å². The van der Waals surface area contributed by atoms with Gasteiger partial charge in [-0.2, -0.15) is 0 Å². The first-order valence-corrected chi connectivity index (χ1v) is 4.76. The Labute approximate surface area is 137 Å². The maximum atomic E-state index is 12.0. The quantitative estimate of drug-likeness (QED) is 0.689. The van der Waals surface area contributed by atoms with Crippen molar-refractivity contribution in [2.24, 2.45) is 0 Å². The van der Waals surface area contributed by atoms with Gasteiger partial charge in [0, 0.05) is 0 Å². The van der Waals surface area contributed by atoms with Crippen LogP contribution in [-0.4, -0.2) is 6.98 Å². The van der Waals surface area contributed by atoms with E-state index in [1.54, 1.807) is 12.1 Å². The summed E-state index contributed by atoms with van der Waals surface area (Å²) in [5, 5.41) is 0. The first-order valence-electron chi connectivity index (χ1n) is 4.76. The van der Waals surface area contributed by atoms with Gasteiger partial charge in [0.2, 0.25) is 0 Å². The molecule has 1 aromatic carbocycles. The van der Waals surface area contributed by atoms with Crippen LogP contribution in [0.2, 0.25) is 0 Å². The van der Waals surface area contributed by atoms with E-state index in [4.69, 9.17) is 0 Å². The number of hydrogen-bond acceptors (Lipinski definition) is 0. The van der Waals surface area contributed by atoms with Gasteiger partial charge in [0.05, 0.1) is 0 Å². The predicted octanol–water partition coefficient (Wildman–Crippen LogP) is 1.02. The van der Waals surface area contributed by atoms with E-state index in [0.717, 1.165) is 22.8 Å². The number of benzene rings is 1. The van der Waals surface area contributed by atoms with Gasteiger partial charge < -0.3 is 12.9 Å². The molecule has 0 amide bonds. The van der Waals surface area contributed by atoms with Crippen LogP contribution in [0.1, 0.15) is 22.3 Å². The second-order valence-electron chi connectivity index (χ2n) is 3.76. The van der Waals surface area contributed by atoms with Gasteiger partial charge in [-0.1, -0.05) is 18.2 Å². The summed E-state index contributed by atoms with van der Waals surface area (Å²) in [6.45, 7) is 0.927. The molecule has 0 spiro atoms. The van der Waals surface area contributed by atoms with E-state index in [-0.39, 0.29) is 51.4 Å². The van der Waals surface area contributed by atoms with Gasteiger partial charge in [0.25, 0.3) is 0 Å². The monoisotopic (exact) mass is 252 g/mol. The molecule has 16 heavy (non-hydrogen) atoms. The van der Waals surface area contributed by atoms with Gasteiger partial charge in [-0.3, -0.25) is 0 Å². The van der Waals surface area contributed by atoms with E-state index >= 15 is 0 Å². The summed E-state index contributed by atoms with van der Waals surface area (Å²) < 4.78 is 36.0. The van der Waals surface area contributed by atoms with Crippen molar-refractivity contribution in [1.29, 1.82) is 0 Å². The van der Waals surface area contributed by atoms with Crippen LogP contribution in [-0.2, 0) is 0 Å². The Hall–Kier alpha value is 0.451. The largest absolute Gasteiger partial charge is 1.00 e. The Morgan fingerprint density at radius 1 is 1.00 bits per heavy atom. The molecule has 0 heterocycles. The van der Waals surface area contributed by atoms with Crippen molar-refractivity contribution in [1.82, 2.24) is 0 Å². The molecule has 0 nitrogen and oxygen atoms in total. The molecule has 0 radical (unpaired) electrons. The molecular weight excluding hydrogens is 239 g/mol. The topological polar surface area (TPSA) is 0 Å². The summed E-state index contributed by atoms with van der Waals surface area (Å²) >= 11 is 0. The molecule has 0 aliphatic rings. The van der Waals surface area contributed by atoms with Crippen LogP contribution in [0.3, 0.4) is 0 Å². The zero-order valence-corrected chi connectivity index (χ0v) is 13.1. The Bertz CT molecular complexity index is 374. The van der Waals surface area contributed by atoms with Gasteiger partial charge in [0.1, 0.15) is 0 Å². The van der Waals surface area contributed by atoms with Crippen molar-refractivity contribution in [3.05, 3.63) is 40.4 Å². The summed E-state index contributed by atoms with van der Waals surface area (Å²) in [6, 6.07) is 3.53. The van der Waals surface area contributed by atoms with Crippen molar-refractivity contribution in [2.45, 2.75) is 20.8 Å². The van der Waals surface area contributed by atoms with Crippen molar-refractivity contribution < 1.29 is 64.3 Å². The average molecular weight is 252 g/mol. The van der Waals surface area contributed by atoms with Crippen LogP contribution in [0, 0.1) is 20.8 Å². The third-order valence-corrected chi connectivity index (χ3v) is 2.46.